The van der Waals surface area contributed by atoms with Crippen LogP contribution in [0.15, 0.2) is 44.4 Å². The first kappa shape index (κ1) is 21.2. The Balaban J connectivity index is 2.11. The van der Waals surface area contributed by atoms with Crippen molar-refractivity contribution in [2.45, 2.75) is 13.8 Å². The van der Waals surface area contributed by atoms with Crippen molar-refractivity contribution in [3.63, 3.8) is 0 Å². The molecule has 8 heteroatoms. The summed E-state index contributed by atoms with van der Waals surface area (Å²) in [6, 6.07) is 8.69. The Hall–Kier alpha value is -2.06. The van der Waals surface area contributed by atoms with Crippen LogP contribution in [0.25, 0.3) is 0 Å². The Labute approximate surface area is 175 Å². The molecule has 0 bridgehead atoms. The number of carbonyl (C=O) groups is 1. The number of amides is 1. The van der Waals surface area contributed by atoms with Crippen LogP contribution in [0, 0.1) is 0 Å². The molecule has 0 radical (unpaired) electrons. The fraction of sp³-hybridized carbons (Fsp3) is 0.263. The molecule has 2 aromatic carbocycles. The molecule has 27 heavy (non-hydrogen) atoms. The van der Waals surface area contributed by atoms with E-state index in [4.69, 9.17) is 14.2 Å². The van der Waals surface area contributed by atoms with Crippen molar-refractivity contribution in [3.8, 4) is 17.2 Å². The van der Waals surface area contributed by atoms with Crippen molar-refractivity contribution >= 4 is 44.0 Å². The molecule has 0 aromatic heterocycles. The van der Waals surface area contributed by atoms with E-state index in [1.54, 1.807) is 31.5 Å². The smallest absolute Gasteiger partial charge is 0.271 e. The highest BCUT2D eigenvalue weighted by molar-refractivity contribution is 9.11. The maximum Gasteiger partial charge on any atom is 0.271 e. The molecule has 0 heterocycles. The maximum atomic E-state index is 12.3. The number of methoxy groups -OCH3 is 1. The molecule has 0 atom stereocenters. The van der Waals surface area contributed by atoms with Crippen LogP contribution in [0.4, 0.5) is 0 Å². The molecule has 2 aromatic rings. The van der Waals surface area contributed by atoms with Crippen molar-refractivity contribution in [2.24, 2.45) is 5.10 Å². The van der Waals surface area contributed by atoms with Crippen LogP contribution >= 0.6 is 31.9 Å². The van der Waals surface area contributed by atoms with E-state index in [-0.39, 0.29) is 5.91 Å². The molecule has 0 unspecified atom stereocenters. The lowest BCUT2D eigenvalue weighted by Gasteiger charge is -2.11. The minimum Gasteiger partial charge on any atom is -0.494 e. The third-order valence-corrected chi connectivity index (χ3v) is 4.59. The minimum absolute atomic E-state index is 0.345. The molecular weight excluding hydrogens is 480 g/mol. The van der Waals surface area contributed by atoms with E-state index in [0.29, 0.717) is 36.0 Å². The Bertz CT molecular complexity index is 817. The highest BCUT2D eigenvalue weighted by Crippen LogP contribution is 2.34. The molecule has 1 N–H and O–H groups in total. The highest BCUT2D eigenvalue weighted by atomic mass is 79.9. The highest BCUT2D eigenvalue weighted by Gasteiger charge is 2.11. The zero-order valence-electron chi connectivity index (χ0n) is 15.2. The second-order valence-electron chi connectivity index (χ2n) is 5.24. The van der Waals surface area contributed by atoms with E-state index >= 15 is 0 Å². The second-order valence-corrected chi connectivity index (χ2v) is 6.95. The van der Waals surface area contributed by atoms with Gasteiger partial charge in [0.15, 0.2) is 11.5 Å². The topological polar surface area (TPSA) is 69.2 Å². The van der Waals surface area contributed by atoms with Crippen molar-refractivity contribution < 1.29 is 19.0 Å². The summed E-state index contributed by atoms with van der Waals surface area (Å²) in [6.07, 6.45) is 1.55. The Kier molecular flexibility index (Phi) is 8.12. The summed E-state index contributed by atoms with van der Waals surface area (Å²) < 4.78 is 17.9. The molecule has 0 aliphatic heterocycles. The quantitative estimate of drug-likeness (QED) is 0.419. The molecule has 144 valence electrons. The number of hydrogen-bond donors (Lipinski definition) is 1. The van der Waals surface area contributed by atoms with E-state index in [0.717, 1.165) is 14.5 Å². The van der Waals surface area contributed by atoms with Crippen LogP contribution in [-0.4, -0.2) is 32.4 Å². The maximum absolute atomic E-state index is 12.3. The van der Waals surface area contributed by atoms with Crippen molar-refractivity contribution in [1.82, 2.24) is 5.43 Å². The normalized spacial score (nSPS) is 10.7. The minimum atomic E-state index is -0.345. The molecule has 0 spiro atoms. The Morgan fingerprint density at radius 1 is 1.07 bits per heavy atom. The van der Waals surface area contributed by atoms with Crippen LogP contribution in [0.2, 0.25) is 0 Å². The van der Waals surface area contributed by atoms with Crippen LogP contribution in [0.5, 0.6) is 17.2 Å². The molecule has 0 saturated heterocycles. The number of hydrazone groups is 1. The molecule has 0 aliphatic carbocycles. The van der Waals surface area contributed by atoms with E-state index in [1.165, 1.54) is 0 Å². The summed E-state index contributed by atoms with van der Waals surface area (Å²) in [7, 11) is 1.59. The molecule has 0 aliphatic rings. The van der Waals surface area contributed by atoms with E-state index in [9.17, 15) is 4.79 Å². The van der Waals surface area contributed by atoms with E-state index in [2.05, 4.69) is 42.4 Å². The summed E-state index contributed by atoms with van der Waals surface area (Å²) in [5.74, 6) is 1.47. The lowest BCUT2D eigenvalue weighted by atomic mass is 10.2. The number of nitrogens with one attached hydrogen (secondary N) is 1. The number of carbonyl (C=O) groups excluding carboxylic acids is 1. The Morgan fingerprint density at radius 3 is 2.30 bits per heavy atom. The van der Waals surface area contributed by atoms with Crippen LogP contribution in [0.1, 0.15) is 29.8 Å². The fourth-order valence-corrected chi connectivity index (χ4v) is 3.82. The second kappa shape index (κ2) is 10.3. The number of ether oxygens (including phenoxy) is 3. The average molecular weight is 500 g/mol. The zero-order valence-corrected chi connectivity index (χ0v) is 18.4. The van der Waals surface area contributed by atoms with Gasteiger partial charge in [-0.05, 0) is 81.6 Å². The summed E-state index contributed by atoms with van der Waals surface area (Å²) in [5.41, 5.74) is 3.72. The first-order valence-corrected chi connectivity index (χ1v) is 9.84. The first-order valence-electron chi connectivity index (χ1n) is 8.26. The SMILES string of the molecule is CCOc1ccc(C(=O)N/N=C/c2cc(Br)c(OC)c(Br)c2)cc1OCC. The lowest BCUT2D eigenvalue weighted by molar-refractivity contribution is 0.0954. The van der Waals surface area contributed by atoms with Gasteiger partial charge < -0.3 is 14.2 Å². The molecule has 0 saturated carbocycles. The first-order chi connectivity index (χ1) is 13.0. The van der Waals surface area contributed by atoms with Gasteiger partial charge in [0.2, 0.25) is 0 Å². The largest absolute Gasteiger partial charge is 0.494 e. The van der Waals surface area contributed by atoms with Crippen LogP contribution in [-0.2, 0) is 0 Å². The van der Waals surface area contributed by atoms with Gasteiger partial charge in [0.1, 0.15) is 5.75 Å². The summed E-state index contributed by atoms with van der Waals surface area (Å²) >= 11 is 6.86. The van der Waals surface area contributed by atoms with E-state index < -0.39 is 0 Å². The van der Waals surface area contributed by atoms with Gasteiger partial charge in [-0.1, -0.05) is 0 Å². The third-order valence-electron chi connectivity index (χ3n) is 3.41. The number of benzene rings is 2. The van der Waals surface area contributed by atoms with Crippen LogP contribution < -0.4 is 19.6 Å². The average Bonchev–Trinajstić information content (AvgIpc) is 2.63. The number of rotatable bonds is 8. The molecule has 0 fully saturated rings. The molecule has 1 amide bonds. The Morgan fingerprint density at radius 2 is 1.70 bits per heavy atom. The standard InChI is InChI=1S/C19H20Br2N2O4/c1-4-26-16-7-6-13(10-17(16)27-5-2)19(24)23-22-11-12-8-14(20)18(25-3)15(21)9-12/h6-11H,4-5H2,1-3H3,(H,23,24)/b22-11+. The summed E-state index contributed by atoms with van der Waals surface area (Å²) in [6.45, 7) is 4.76. The predicted octanol–water partition coefficient (Wildman–Crippen LogP) is 4.78. The summed E-state index contributed by atoms with van der Waals surface area (Å²) in [5, 5.41) is 4.01. The van der Waals surface area contributed by atoms with Crippen molar-refractivity contribution in [3.05, 3.63) is 50.4 Å². The lowest BCUT2D eigenvalue weighted by Crippen LogP contribution is -2.17. The van der Waals surface area contributed by atoms with Gasteiger partial charge in [-0.3, -0.25) is 4.79 Å². The van der Waals surface area contributed by atoms with Gasteiger partial charge in [0, 0.05) is 5.56 Å². The van der Waals surface area contributed by atoms with Gasteiger partial charge in [-0.15, -0.1) is 0 Å². The van der Waals surface area contributed by atoms with E-state index in [1.807, 2.05) is 26.0 Å². The fourth-order valence-electron chi connectivity index (χ4n) is 2.27. The molecular formula is C19H20Br2N2O4. The summed E-state index contributed by atoms with van der Waals surface area (Å²) in [4.78, 5) is 12.3. The molecule has 6 nitrogen and oxygen atoms in total. The van der Waals surface area contributed by atoms with Crippen molar-refractivity contribution in [1.29, 1.82) is 0 Å². The molecule has 2 rings (SSSR count). The monoisotopic (exact) mass is 498 g/mol. The van der Waals surface area contributed by atoms with Gasteiger partial charge in [0.25, 0.3) is 5.91 Å². The number of halogens is 2. The predicted molar refractivity (Wildman–Crippen MR) is 112 cm³/mol. The zero-order chi connectivity index (χ0) is 19.8. The number of hydrogen-bond acceptors (Lipinski definition) is 5. The van der Waals surface area contributed by atoms with Gasteiger partial charge in [-0.25, -0.2) is 5.43 Å². The van der Waals surface area contributed by atoms with Gasteiger partial charge in [-0.2, -0.15) is 5.10 Å². The van der Waals surface area contributed by atoms with Crippen LogP contribution in [0.3, 0.4) is 0 Å². The van der Waals surface area contributed by atoms with Crippen molar-refractivity contribution in [2.75, 3.05) is 20.3 Å². The number of nitrogens with zero attached hydrogens (tertiary/aromatic N) is 1. The van der Waals surface area contributed by atoms with Gasteiger partial charge >= 0.3 is 0 Å². The third kappa shape index (κ3) is 5.71. The van der Waals surface area contributed by atoms with Gasteiger partial charge in [0.05, 0.1) is 35.5 Å².